The van der Waals surface area contributed by atoms with E-state index in [2.05, 4.69) is 9.97 Å². The first-order chi connectivity index (χ1) is 18.7. The molecule has 5 aromatic rings. The molecule has 0 fully saturated rings. The van der Waals surface area contributed by atoms with Crippen LogP contribution in [0.5, 0.6) is 0 Å². The second-order valence-corrected chi connectivity index (χ2v) is 8.75. The summed E-state index contributed by atoms with van der Waals surface area (Å²) in [7, 11) is 1.74. The first kappa shape index (κ1) is 25.6. The third kappa shape index (κ3) is 5.08. The van der Waals surface area contributed by atoms with Crippen molar-refractivity contribution in [1.29, 1.82) is 0 Å². The molecule has 198 valence electrons. The van der Waals surface area contributed by atoms with Crippen LogP contribution in [0.15, 0.2) is 83.5 Å². The number of rotatable bonds is 8. The van der Waals surface area contributed by atoms with Gasteiger partial charge >= 0.3 is 6.18 Å². The molecule has 3 heterocycles. The highest BCUT2D eigenvalue weighted by Crippen LogP contribution is 2.37. The average Bonchev–Trinajstić information content (AvgIpc) is 3.51. The number of anilines is 1. The van der Waals surface area contributed by atoms with E-state index in [0.717, 1.165) is 12.1 Å². The maximum atomic E-state index is 13.2. The number of alkyl halides is 3. The number of imidazole rings is 1. The molecule has 0 aliphatic rings. The Labute approximate surface area is 219 Å². The van der Waals surface area contributed by atoms with Crippen molar-refractivity contribution in [3.63, 3.8) is 0 Å². The molecular weight excluding hydrogens is 515 g/mol. The van der Waals surface area contributed by atoms with Crippen LogP contribution in [0.1, 0.15) is 23.1 Å². The molecule has 1 atom stereocenters. The summed E-state index contributed by atoms with van der Waals surface area (Å²) in [5.41, 5.74) is 1.25. The molecule has 0 bridgehead atoms. The number of nitrogens with zero attached hydrogens (tertiary/aromatic N) is 5. The van der Waals surface area contributed by atoms with Crippen molar-refractivity contribution in [1.82, 2.24) is 14.5 Å². The highest BCUT2D eigenvalue weighted by Gasteiger charge is 2.32. The zero-order chi connectivity index (χ0) is 27.7. The lowest BCUT2D eigenvalue weighted by Gasteiger charge is -2.26. The molecule has 1 unspecified atom stereocenters. The Morgan fingerprint density at radius 2 is 1.87 bits per heavy atom. The maximum absolute atomic E-state index is 13.2. The lowest BCUT2D eigenvalue weighted by atomic mass is 10.1. The summed E-state index contributed by atoms with van der Waals surface area (Å²) < 4.78 is 47.3. The smallest absolute Gasteiger partial charge is 0.416 e. The first-order valence-corrected chi connectivity index (χ1v) is 11.7. The number of hydrogen-bond donors (Lipinski definition) is 0. The molecular formula is C27H20F3N5O4. The fourth-order valence-electron chi connectivity index (χ4n) is 4.40. The van der Waals surface area contributed by atoms with Crippen LogP contribution in [-0.4, -0.2) is 25.9 Å². The van der Waals surface area contributed by atoms with E-state index in [1.807, 2.05) is 0 Å². The van der Waals surface area contributed by atoms with Gasteiger partial charge in [-0.3, -0.25) is 24.8 Å². The van der Waals surface area contributed by atoms with E-state index in [-0.39, 0.29) is 29.0 Å². The Morgan fingerprint density at radius 1 is 1.10 bits per heavy atom. The molecule has 0 saturated heterocycles. The van der Waals surface area contributed by atoms with E-state index in [4.69, 9.17) is 4.42 Å². The number of nitro groups is 1. The van der Waals surface area contributed by atoms with E-state index >= 15 is 0 Å². The van der Waals surface area contributed by atoms with Crippen molar-refractivity contribution in [3.8, 4) is 11.3 Å². The van der Waals surface area contributed by atoms with Crippen LogP contribution in [0.25, 0.3) is 22.2 Å². The Balaban J connectivity index is 1.58. The molecule has 0 spiro atoms. The van der Waals surface area contributed by atoms with Gasteiger partial charge in [-0.1, -0.05) is 6.07 Å². The number of nitro benzene ring substituents is 1. The predicted molar refractivity (Wildman–Crippen MR) is 136 cm³/mol. The summed E-state index contributed by atoms with van der Waals surface area (Å²) in [5, 5.41) is 11.2. The van der Waals surface area contributed by atoms with Crippen LogP contribution in [-0.2, 0) is 24.4 Å². The minimum atomic E-state index is -4.53. The van der Waals surface area contributed by atoms with Gasteiger partial charge in [0.2, 0.25) is 12.3 Å². The van der Waals surface area contributed by atoms with Crippen molar-refractivity contribution in [2.75, 3.05) is 4.90 Å². The van der Waals surface area contributed by atoms with Crippen LogP contribution < -0.4 is 4.90 Å². The number of hydrogen-bond acceptors (Lipinski definition) is 6. The molecule has 0 saturated carbocycles. The predicted octanol–water partition coefficient (Wildman–Crippen LogP) is 6.10. The molecule has 12 heteroatoms. The maximum Gasteiger partial charge on any atom is 0.416 e. The number of pyridine rings is 1. The largest absolute Gasteiger partial charge is 0.440 e. The highest BCUT2D eigenvalue weighted by atomic mass is 19.4. The molecule has 0 aliphatic heterocycles. The van der Waals surface area contributed by atoms with Gasteiger partial charge in [0.25, 0.3) is 5.69 Å². The van der Waals surface area contributed by atoms with Crippen LogP contribution >= 0.6 is 0 Å². The van der Waals surface area contributed by atoms with Crippen LogP contribution in [0.3, 0.4) is 0 Å². The quantitative estimate of drug-likeness (QED) is 0.135. The van der Waals surface area contributed by atoms with Crippen LogP contribution in [0, 0.1) is 10.1 Å². The third-order valence-electron chi connectivity index (χ3n) is 6.36. The highest BCUT2D eigenvalue weighted by molar-refractivity contribution is 5.85. The molecule has 9 nitrogen and oxygen atoms in total. The summed E-state index contributed by atoms with van der Waals surface area (Å²) >= 11 is 0. The number of fused-ring (bicyclic) bond motifs is 1. The van der Waals surface area contributed by atoms with Crippen molar-refractivity contribution < 1.29 is 27.3 Å². The molecule has 0 radical (unpaired) electrons. The zero-order valence-electron chi connectivity index (χ0n) is 20.4. The second-order valence-electron chi connectivity index (χ2n) is 8.75. The second kappa shape index (κ2) is 10.0. The van der Waals surface area contributed by atoms with Gasteiger partial charge in [0.1, 0.15) is 17.4 Å². The van der Waals surface area contributed by atoms with Crippen LogP contribution in [0.2, 0.25) is 0 Å². The average molecular weight is 535 g/mol. The number of halogens is 3. The van der Waals surface area contributed by atoms with Crippen LogP contribution in [0.4, 0.5) is 24.7 Å². The van der Waals surface area contributed by atoms with Gasteiger partial charge in [0.05, 0.1) is 22.4 Å². The van der Waals surface area contributed by atoms with E-state index < -0.39 is 22.7 Å². The summed E-state index contributed by atoms with van der Waals surface area (Å²) in [6.07, 6.45) is -0.582. The summed E-state index contributed by atoms with van der Waals surface area (Å²) in [5.74, 6) is 0.484. The van der Waals surface area contributed by atoms with Crippen molar-refractivity contribution >= 4 is 29.0 Å². The number of benzene rings is 2. The van der Waals surface area contributed by atoms with Gasteiger partial charge in [0, 0.05) is 54.5 Å². The molecule has 1 amide bonds. The monoisotopic (exact) mass is 535 g/mol. The van der Waals surface area contributed by atoms with E-state index in [9.17, 15) is 28.1 Å². The first-order valence-electron chi connectivity index (χ1n) is 11.7. The Morgan fingerprint density at radius 3 is 2.51 bits per heavy atom. The molecule has 0 N–H and O–H groups in total. The standard InChI is InChI=1S/C27H20F3N5O4/c1-33-23(17-5-8-21(9-6-17)35(37)38)15-32-26(33)22(14-20-4-2-3-11-31-20)34(16-36)25-13-18-12-19(27(28,29)30)7-10-24(18)39-25/h2-13,15-16,22H,14H2,1H3. The molecule has 5 rings (SSSR count). The lowest BCUT2D eigenvalue weighted by Crippen LogP contribution is -2.31. The Hall–Kier alpha value is -5.00. The number of aromatic nitrogens is 3. The number of carbonyl (C=O) groups is 1. The number of amides is 1. The van der Waals surface area contributed by atoms with E-state index in [0.29, 0.717) is 29.2 Å². The SMILES string of the molecule is Cn1c(-c2ccc([N+](=O)[O-])cc2)cnc1C(Cc1ccccn1)N(C=O)c1cc2cc(C(F)(F)F)ccc2o1. The third-order valence-corrected chi connectivity index (χ3v) is 6.36. The van der Waals surface area contributed by atoms with Gasteiger partial charge in [-0.2, -0.15) is 13.2 Å². The summed E-state index contributed by atoms with van der Waals surface area (Å²) in [4.78, 5) is 33.2. The number of non-ortho nitro benzene ring substituents is 1. The lowest BCUT2D eigenvalue weighted by molar-refractivity contribution is -0.384. The van der Waals surface area contributed by atoms with E-state index in [1.54, 1.807) is 54.3 Å². The van der Waals surface area contributed by atoms with Crippen molar-refractivity contribution in [3.05, 3.63) is 106 Å². The Bertz CT molecular complexity index is 1650. The summed E-state index contributed by atoms with van der Waals surface area (Å²) in [6.45, 7) is 0. The molecule has 0 aliphatic carbocycles. The summed E-state index contributed by atoms with van der Waals surface area (Å²) in [6, 6.07) is 15.0. The molecule has 2 aromatic carbocycles. The topological polar surface area (TPSA) is 107 Å². The van der Waals surface area contributed by atoms with Gasteiger partial charge in [-0.25, -0.2) is 4.98 Å². The molecule has 39 heavy (non-hydrogen) atoms. The van der Waals surface area contributed by atoms with Gasteiger partial charge < -0.3 is 8.98 Å². The zero-order valence-corrected chi connectivity index (χ0v) is 20.4. The van der Waals surface area contributed by atoms with Crippen molar-refractivity contribution in [2.45, 2.75) is 18.6 Å². The fourth-order valence-corrected chi connectivity index (χ4v) is 4.40. The van der Waals surface area contributed by atoms with Crippen molar-refractivity contribution in [2.24, 2.45) is 7.05 Å². The normalized spacial score (nSPS) is 12.4. The minimum absolute atomic E-state index is 0.0418. The van der Waals surface area contributed by atoms with E-state index in [1.165, 1.54) is 29.2 Å². The fraction of sp³-hybridized carbons (Fsp3) is 0.148. The Kier molecular flexibility index (Phi) is 6.60. The minimum Gasteiger partial charge on any atom is -0.440 e. The van der Waals surface area contributed by atoms with Gasteiger partial charge in [0.15, 0.2) is 0 Å². The number of carbonyl (C=O) groups excluding carboxylic acids is 1. The number of furan rings is 1. The molecule has 3 aromatic heterocycles. The van der Waals surface area contributed by atoms with Gasteiger partial charge in [-0.15, -0.1) is 0 Å². The van der Waals surface area contributed by atoms with Gasteiger partial charge in [-0.05, 0) is 42.5 Å².